The van der Waals surface area contributed by atoms with Crippen LogP contribution in [-0.4, -0.2) is 16.5 Å². The van der Waals surface area contributed by atoms with Gasteiger partial charge in [0.2, 0.25) is 5.88 Å². The molecule has 0 amide bonds. The summed E-state index contributed by atoms with van der Waals surface area (Å²) in [7, 11) is 0. The van der Waals surface area contributed by atoms with E-state index in [-0.39, 0.29) is 11.4 Å². The second kappa shape index (κ2) is 7.09. The topological polar surface area (TPSA) is 72.5 Å². The van der Waals surface area contributed by atoms with Crippen LogP contribution in [0, 0.1) is 5.82 Å². The molecular formula is C17H21FN4O. The van der Waals surface area contributed by atoms with Crippen molar-refractivity contribution in [2.24, 2.45) is 10.7 Å². The molecule has 1 heterocycles. The zero-order valence-corrected chi connectivity index (χ0v) is 13.5. The largest absolute Gasteiger partial charge is 0.439 e. The number of benzene rings is 1. The minimum absolute atomic E-state index is 0.126. The van der Waals surface area contributed by atoms with E-state index in [1.165, 1.54) is 12.1 Å². The number of ether oxygens (including phenoxy) is 1. The summed E-state index contributed by atoms with van der Waals surface area (Å²) in [5.74, 6) is 1.05. The number of aliphatic imine (C=N–C) groups is 1. The zero-order chi connectivity index (χ0) is 16.9. The average molecular weight is 316 g/mol. The van der Waals surface area contributed by atoms with E-state index in [0.29, 0.717) is 24.1 Å². The van der Waals surface area contributed by atoms with Gasteiger partial charge in [0.25, 0.3) is 0 Å². The molecule has 5 nitrogen and oxygen atoms in total. The fourth-order valence-electron chi connectivity index (χ4n) is 1.79. The van der Waals surface area contributed by atoms with Crippen molar-refractivity contribution in [1.82, 2.24) is 10.3 Å². The van der Waals surface area contributed by atoms with Crippen LogP contribution >= 0.6 is 0 Å². The summed E-state index contributed by atoms with van der Waals surface area (Å²) in [6, 6.07) is 9.37. The van der Waals surface area contributed by atoms with E-state index >= 15 is 0 Å². The maximum atomic E-state index is 12.8. The van der Waals surface area contributed by atoms with Crippen LogP contribution in [0.25, 0.3) is 0 Å². The van der Waals surface area contributed by atoms with E-state index in [9.17, 15) is 4.39 Å². The molecule has 1 aromatic heterocycles. The van der Waals surface area contributed by atoms with Crippen LogP contribution in [0.1, 0.15) is 26.3 Å². The Morgan fingerprint density at radius 3 is 2.48 bits per heavy atom. The minimum Gasteiger partial charge on any atom is -0.439 e. The Kier molecular flexibility index (Phi) is 5.16. The molecule has 0 bridgehead atoms. The predicted molar refractivity (Wildman–Crippen MR) is 88.9 cm³/mol. The standard InChI is InChI=1S/C17H21FN4O/c1-17(2,3)22-16(19)21-11-12-4-9-15(20-10-12)23-14-7-5-13(18)6-8-14/h4-10H,11H2,1-3H3,(H3,19,21,22). The molecule has 0 saturated heterocycles. The zero-order valence-electron chi connectivity index (χ0n) is 13.5. The van der Waals surface area contributed by atoms with Crippen molar-refractivity contribution in [1.29, 1.82) is 0 Å². The summed E-state index contributed by atoms with van der Waals surface area (Å²) in [6.45, 7) is 6.47. The Morgan fingerprint density at radius 2 is 1.91 bits per heavy atom. The van der Waals surface area contributed by atoms with E-state index < -0.39 is 0 Å². The molecule has 122 valence electrons. The van der Waals surface area contributed by atoms with Gasteiger partial charge in [-0.2, -0.15) is 0 Å². The molecule has 3 N–H and O–H groups in total. The molecule has 0 aliphatic rings. The van der Waals surface area contributed by atoms with Gasteiger partial charge < -0.3 is 15.8 Å². The number of guanidine groups is 1. The van der Waals surface area contributed by atoms with Gasteiger partial charge in [-0.1, -0.05) is 6.07 Å². The van der Waals surface area contributed by atoms with Crippen LogP contribution in [0.4, 0.5) is 4.39 Å². The molecule has 2 rings (SSSR count). The van der Waals surface area contributed by atoms with E-state index in [0.717, 1.165) is 5.56 Å². The number of nitrogens with zero attached hydrogens (tertiary/aromatic N) is 2. The number of pyridine rings is 1. The first-order chi connectivity index (χ1) is 10.8. The van der Waals surface area contributed by atoms with E-state index in [2.05, 4.69) is 15.3 Å². The number of nitrogens with two attached hydrogens (primary N) is 1. The lowest BCUT2D eigenvalue weighted by Crippen LogP contribution is -2.44. The maximum Gasteiger partial charge on any atom is 0.219 e. The number of aromatic nitrogens is 1. The monoisotopic (exact) mass is 316 g/mol. The summed E-state index contributed by atoms with van der Waals surface area (Å²) in [4.78, 5) is 8.47. The van der Waals surface area contributed by atoms with Crippen molar-refractivity contribution in [3.8, 4) is 11.6 Å². The number of rotatable bonds is 4. The van der Waals surface area contributed by atoms with Crippen LogP contribution in [0.15, 0.2) is 47.6 Å². The third kappa shape index (κ3) is 5.94. The van der Waals surface area contributed by atoms with E-state index in [4.69, 9.17) is 10.5 Å². The lowest BCUT2D eigenvalue weighted by molar-refractivity contribution is 0.461. The molecule has 6 heteroatoms. The van der Waals surface area contributed by atoms with Gasteiger partial charge in [-0.15, -0.1) is 0 Å². The molecule has 0 spiro atoms. The van der Waals surface area contributed by atoms with Gasteiger partial charge in [0.05, 0.1) is 6.54 Å². The minimum atomic E-state index is -0.306. The van der Waals surface area contributed by atoms with Crippen LogP contribution in [-0.2, 0) is 6.54 Å². The molecule has 1 aromatic carbocycles. The molecule has 0 aliphatic heterocycles. The van der Waals surface area contributed by atoms with Gasteiger partial charge >= 0.3 is 0 Å². The van der Waals surface area contributed by atoms with E-state index in [1.807, 2.05) is 26.8 Å². The fraction of sp³-hybridized carbons (Fsp3) is 0.294. The van der Waals surface area contributed by atoms with Gasteiger partial charge in [0.15, 0.2) is 5.96 Å². The highest BCUT2D eigenvalue weighted by molar-refractivity contribution is 5.78. The molecule has 0 atom stereocenters. The second-order valence-electron chi connectivity index (χ2n) is 6.14. The summed E-state index contributed by atoms with van der Waals surface area (Å²) < 4.78 is 18.4. The summed E-state index contributed by atoms with van der Waals surface area (Å²) >= 11 is 0. The maximum absolute atomic E-state index is 12.8. The van der Waals surface area contributed by atoms with Crippen molar-refractivity contribution in [2.45, 2.75) is 32.9 Å². The molecule has 0 aliphatic carbocycles. The summed E-state index contributed by atoms with van der Waals surface area (Å²) in [6.07, 6.45) is 1.67. The molecular weight excluding hydrogens is 295 g/mol. The van der Waals surface area contributed by atoms with Crippen LogP contribution in [0.2, 0.25) is 0 Å². The Hall–Kier alpha value is -2.63. The average Bonchev–Trinajstić information content (AvgIpc) is 2.47. The predicted octanol–water partition coefficient (Wildman–Crippen LogP) is 3.22. The first kappa shape index (κ1) is 16.7. The highest BCUT2D eigenvalue weighted by atomic mass is 19.1. The summed E-state index contributed by atoms with van der Waals surface area (Å²) in [5.41, 5.74) is 6.60. The highest BCUT2D eigenvalue weighted by Gasteiger charge is 2.09. The van der Waals surface area contributed by atoms with Gasteiger partial charge in [0, 0.05) is 17.8 Å². The third-order valence-corrected chi connectivity index (χ3v) is 2.77. The normalized spacial score (nSPS) is 12.1. The van der Waals surface area contributed by atoms with Crippen molar-refractivity contribution in [3.05, 3.63) is 54.0 Å². The fourth-order valence-corrected chi connectivity index (χ4v) is 1.79. The van der Waals surface area contributed by atoms with Crippen LogP contribution in [0.3, 0.4) is 0 Å². The first-order valence-corrected chi connectivity index (χ1v) is 7.28. The van der Waals surface area contributed by atoms with Gasteiger partial charge in [-0.05, 0) is 50.6 Å². The molecule has 0 radical (unpaired) electrons. The smallest absolute Gasteiger partial charge is 0.219 e. The molecule has 23 heavy (non-hydrogen) atoms. The Bertz CT molecular complexity index is 660. The van der Waals surface area contributed by atoms with Crippen LogP contribution in [0.5, 0.6) is 11.6 Å². The van der Waals surface area contributed by atoms with Crippen molar-refractivity contribution in [2.75, 3.05) is 0 Å². The number of halogens is 1. The molecule has 0 saturated carbocycles. The van der Waals surface area contributed by atoms with E-state index in [1.54, 1.807) is 24.4 Å². The van der Waals surface area contributed by atoms with Crippen molar-refractivity contribution >= 4 is 5.96 Å². The lowest BCUT2D eigenvalue weighted by Gasteiger charge is -2.20. The van der Waals surface area contributed by atoms with Gasteiger partial charge in [-0.3, -0.25) is 0 Å². The molecule has 0 unspecified atom stereocenters. The van der Waals surface area contributed by atoms with Crippen LogP contribution < -0.4 is 15.8 Å². The quantitative estimate of drug-likeness (QED) is 0.671. The second-order valence-corrected chi connectivity index (χ2v) is 6.14. The van der Waals surface area contributed by atoms with Gasteiger partial charge in [-0.25, -0.2) is 14.4 Å². The van der Waals surface area contributed by atoms with Gasteiger partial charge in [0.1, 0.15) is 11.6 Å². The molecule has 2 aromatic rings. The van der Waals surface area contributed by atoms with Crippen molar-refractivity contribution in [3.63, 3.8) is 0 Å². The molecule has 0 fully saturated rings. The van der Waals surface area contributed by atoms with Crippen molar-refractivity contribution < 1.29 is 9.13 Å². The summed E-state index contributed by atoms with van der Waals surface area (Å²) in [5, 5.41) is 3.09. The Balaban J connectivity index is 1.94. The lowest BCUT2D eigenvalue weighted by atomic mass is 10.1. The first-order valence-electron chi connectivity index (χ1n) is 7.28. The Morgan fingerprint density at radius 1 is 1.22 bits per heavy atom. The SMILES string of the molecule is CC(C)(C)NC(N)=NCc1ccc(Oc2ccc(F)cc2)nc1. The third-order valence-electron chi connectivity index (χ3n) is 2.77. The number of hydrogen-bond donors (Lipinski definition) is 2. The number of hydrogen-bond acceptors (Lipinski definition) is 3. The highest BCUT2D eigenvalue weighted by Crippen LogP contribution is 2.19. The number of nitrogens with one attached hydrogen (secondary N) is 1. The Labute approximate surface area is 135 Å².